The molecular formula is C20H20FNO5S. The van der Waals surface area contributed by atoms with E-state index in [1.165, 1.54) is 17.0 Å². The second-order valence-electron chi connectivity index (χ2n) is 7.02. The van der Waals surface area contributed by atoms with E-state index in [4.69, 9.17) is 9.47 Å². The van der Waals surface area contributed by atoms with Crippen molar-refractivity contribution >= 4 is 15.7 Å². The van der Waals surface area contributed by atoms with Gasteiger partial charge in [0.2, 0.25) is 6.10 Å². The molecule has 28 heavy (non-hydrogen) atoms. The van der Waals surface area contributed by atoms with Crippen LogP contribution < -0.4 is 9.47 Å². The molecule has 2 aromatic rings. The highest BCUT2D eigenvalue weighted by Gasteiger charge is 2.39. The first kappa shape index (κ1) is 18.7. The number of carbonyl (C=O) groups is 1. The largest absolute Gasteiger partial charge is 0.485 e. The van der Waals surface area contributed by atoms with E-state index in [0.717, 1.165) is 0 Å². The van der Waals surface area contributed by atoms with Crippen LogP contribution in [-0.2, 0) is 21.2 Å². The number of sulfone groups is 1. The predicted octanol–water partition coefficient (Wildman–Crippen LogP) is 2.18. The summed E-state index contributed by atoms with van der Waals surface area (Å²) in [6.45, 7) is 0.146. The Morgan fingerprint density at radius 1 is 1.14 bits per heavy atom. The summed E-state index contributed by atoms with van der Waals surface area (Å²) >= 11 is 0. The van der Waals surface area contributed by atoms with Gasteiger partial charge in [0.1, 0.15) is 12.4 Å². The Morgan fingerprint density at radius 3 is 2.64 bits per heavy atom. The lowest BCUT2D eigenvalue weighted by Crippen LogP contribution is -2.50. The first-order valence-corrected chi connectivity index (χ1v) is 10.9. The Kier molecular flexibility index (Phi) is 4.97. The molecule has 0 radical (unpaired) electrons. The lowest BCUT2D eigenvalue weighted by molar-refractivity contribution is -0.143. The number of halogens is 1. The zero-order valence-electron chi connectivity index (χ0n) is 15.1. The number of nitrogens with zero attached hydrogens (tertiary/aromatic N) is 1. The summed E-state index contributed by atoms with van der Waals surface area (Å²) in [5.41, 5.74) is 0.592. The van der Waals surface area contributed by atoms with Crippen molar-refractivity contribution in [2.75, 3.05) is 18.1 Å². The van der Waals surface area contributed by atoms with E-state index in [2.05, 4.69) is 0 Å². The van der Waals surface area contributed by atoms with Crippen molar-refractivity contribution in [2.24, 2.45) is 0 Å². The zero-order chi connectivity index (χ0) is 19.7. The quantitative estimate of drug-likeness (QED) is 0.780. The number of rotatable bonds is 4. The van der Waals surface area contributed by atoms with Crippen molar-refractivity contribution in [1.29, 1.82) is 0 Å². The van der Waals surface area contributed by atoms with Crippen molar-refractivity contribution < 1.29 is 27.1 Å². The van der Waals surface area contributed by atoms with Crippen LogP contribution in [0.5, 0.6) is 11.5 Å². The van der Waals surface area contributed by atoms with Gasteiger partial charge >= 0.3 is 0 Å². The number of hydrogen-bond donors (Lipinski definition) is 0. The minimum absolute atomic E-state index is 0.0367. The maximum Gasteiger partial charge on any atom is 0.267 e. The van der Waals surface area contributed by atoms with Crippen LogP contribution in [0.1, 0.15) is 12.0 Å². The minimum Gasteiger partial charge on any atom is -0.485 e. The monoisotopic (exact) mass is 405 g/mol. The van der Waals surface area contributed by atoms with E-state index >= 15 is 0 Å². The van der Waals surface area contributed by atoms with Crippen molar-refractivity contribution in [1.82, 2.24) is 4.90 Å². The van der Waals surface area contributed by atoms with Gasteiger partial charge in [-0.15, -0.1) is 0 Å². The van der Waals surface area contributed by atoms with Gasteiger partial charge in [-0.05, 0) is 36.2 Å². The molecule has 148 valence electrons. The number of fused-ring (bicyclic) bond motifs is 1. The van der Waals surface area contributed by atoms with Gasteiger partial charge in [-0.1, -0.05) is 24.3 Å². The van der Waals surface area contributed by atoms with Gasteiger partial charge in [0.05, 0.1) is 11.5 Å². The Labute approximate surface area is 162 Å². The van der Waals surface area contributed by atoms with Crippen molar-refractivity contribution in [3.63, 3.8) is 0 Å². The fourth-order valence-corrected chi connectivity index (χ4v) is 5.30. The van der Waals surface area contributed by atoms with Crippen molar-refractivity contribution in [3.8, 4) is 11.5 Å². The number of ether oxygens (including phenoxy) is 2. The third-order valence-corrected chi connectivity index (χ3v) is 6.71. The maximum absolute atomic E-state index is 13.6. The summed E-state index contributed by atoms with van der Waals surface area (Å²) in [4.78, 5) is 14.7. The van der Waals surface area contributed by atoms with Crippen LogP contribution in [0.15, 0.2) is 48.5 Å². The molecule has 8 heteroatoms. The lowest BCUT2D eigenvalue weighted by atomic mass is 10.1. The van der Waals surface area contributed by atoms with Crippen molar-refractivity contribution in [2.45, 2.75) is 25.1 Å². The third-order valence-electron chi connectivity index (χ3n) is 4.96. The lowest BCUT2D eigenvalue weighted by Gasteiger charge is -2.34. The molecule has 0 aliphatic carbocycles. The summed E-state index contributed by atoms with van der Waals surface area (Å²) in [6.07, 6.45) is -0.528. The normalized spacial score (nSPS) is 22.6. The maximum atomic E-state index is 13.6. The molecule has 2 aromatic carbocycles. The standard InChI is InChI=1S/C20H20FNO5S/c21-15-5-3-4-14(10-15)11-22(16-8-9-28(24,25)13-16)20(23)19-12-26-17-6-1-2-7-18(17)27-19/h1-7,10,16,19H,8-9,11-13H2/t16-,19-/m1/s1. The Bertz CT molecular complexity index is 994. The molecule has 1 saturated heterocycles. The summed E-state index contributed by atoms with van der Waals surface area (Å²) in [5, 5.41) is 0. The smallest absolute Gasteiger partial charge is 0.267 e. The van der Waals surface area contributed by atoms with Crippen molar-refractivity contribution in [3.05, 3.63) is 59.9 Å². The molecule has 0 N–H and O–H groups in total. The molecule has 6 nitrogen and oxygen atoms in total. The van der Waals surface area contributed by atoms with E-state index < -0.39 is 27.8 Å². The van der Waals surface area contributed by atoms with E-state index in [1.54, 1.807) is 30.3 Å². The van der Waals surface area contributed by atoms with E-state index in [0.29, 0.717) is 23.5 Å². The van der Waals surface area contributed by atoms with Crippen LogP contribution in [0.2, 0.25) is 0 Å². The minimum atomic E-state index is -3.19. The molecule has 0 spiro atoms. The SMILES string of the molecule is O=C([C@H]1COc2ccccc2O1)N(Cc1cccc(F)c1)[C@@H]1CCS(=O)(=O)C1. The van der Waals surface area contributed by atoms with Gasteiger partial charge in [0.15, 0.2) is 21.3 Å². The number of benzene rings is 2. The average molecular weight is 405 g/mol. The molecule has 2 atom stereocenters. The average Bonchev–Trinajstić information content (AvgIpc) is 3.05. The Balaban J connectivity index is 1.58. The molecule has 0 unspecified atom stereocenters. The summed E-state index contributed by atoms with van der Waals surface area (Å²) in [6, 6.07) is 12.5. The van der Waals surface area contributed by atoms with Crippen LogP contribution in [0, 0.1) is 5.82 Å². The molecule has 2 heterocycles. The van der Waals surface area contributed by atoms with Crippen LogP contribution in [0.25, 0.3) is 0 Å². The number of amides is 1. The second-order valence-corrected chi connectivity index (χ2v) is 9.25. The van der Waals surface area contributed by atoms with E-state index in [1.807, 2.05) is 6.07 Å². The fourth-order valence-electron chi connectivity index (χ4n) is 3.57. The molecule has 1 amide bonds. The number of hydrogen-bond acceptors (Lipinski definition) is 5. The van der Waals surface area contributed by atoms with E-state index in [9.17, 15) is 17.6 Å². The van der Waals surface area contributed by atoms with Gasteiger partial charge in [0, 0.05) is 12.6 Å². The van der Waals surface area contributed by atoms with E-state index in [-0.39, 0.29) is 30.6 Å². The van der Waals surface area contributed by atoms with Crippen LogP contribution in [0.3, 0.4) is 0 Å². The molecule has 2 aliphatic heterocycles. The molecule has 2 aliphatic rings. The summed E-state index contributed by atoms with van der Waals surface area (Å²) in [7, 11) is -3.19. The predicted molar refractivity (Wildman–Crippen MR) is 100 cm³/mol. The van der Waals surface area contributed by atoms with Gasteiger partial charge in [-0.2, -0.15) is 0 Å². The molecule has 0 bridgehead atoms. The van der Waals surface area contributed by atoms with Gasteiger partial charge in [0.25, 0.3) is 5.91 Å². The first-order valence-electron chi connectivity index (χ1n) is 9.05. The number of para-hydroxylation sites is 2. The molecular weight excluding hydrogens is 385 g/mol. The molecule has 4 rings (SSSR count). The second kappa shape index (κ2) is 7.43. The first-order chi connectivity index (χ1) is 13.4. The highest BCUT2D eigenvalue weighted by atomic mass is 32.2. The highest BCUT2D eigenvalue weighted by molar-refractivity contribution is 7.91. The number of carbonyl (C=O) groups excluding carboxylic acids is 1. The Hall–Kier alpha value is -2.61. The van der Waals surface area contributed by atoms with Crippen LogP contribution in [0.4, 0.5) is 4.39 Å². The van der Waals surface area contributed by atoms with Crippen LogP contribution in [-0.4, -0.2) is 49.5 Å². The van der Waals surface area contributed by atoms with Gasteiger partial charge < -0.3 is 14.4 Å². The topological polar surface area (TPSA) is 72.9 Å². The van der Waals surface area contributed by atoms with Gasteiger partial charge in [-0.3, -0.25) is 4.79 Å². The zero-order valence-corrected chi connectivity index (χ0v) is 15.9. The third kappa shape index (κ3) is 3.96. The van der Waals surface area contributed by atoms with Crippen LogP contribution >= 0.6 is 0 Å². The fraction of sp³-hybridized carbons (Fsp3) is 0.350. The summed E-state index contributed by atoms with van der Waals surface area (Å²) < 4.78 is 49.0. The highest BCUT2D eigenvalue weighted by Crippen LogP contribution is 2.32. The Morgan fingerprint density at radius 2 is 1.93 bits per heavy atom. The summed E-state index contributed by atoms with van der Waals surface area (Å²) in [5.74, 6) is 0.202. The van der Waals surface area contributed by atoms with Gasteiger partial charge in [-0.25, -0.2) is 12.8 Å². The molecule has 0 aromatic heterocycles. The molecule has 1 fully saturated rings. The molecule has 0 saturated carbocycles.